The van der Waals surface area contributed by atoms with Gasteiger partial charge < -0.3 is 15.0 Å². The van der Waals surface area contributed by atoms with E-state index < -0.39 is 0 Å². The lowest BCUT2D eigenvalue weighted by Gasteiger charge is -2.27. The Labute approximate surface area is 153 Å². The molecule has 1 fully saturated rings. The minimum absolute atomic E-state index is 0.137. The zero-order chi connectivity index (χ0) is 18.4. The van der Waals surface area contributed by atoms with E-state index in [0.29, 0.717) is 12.1 Å². The van der Waals surface area contributed by atoms with Crippen LogP contribution in [0.25, 0.3) is 6.08 Å². The first kappa shape index (κ1) is 17.7. The maximum absolute atomic E-state index is 12.2. The Morgan fingerprint density at radius 2 is 2.00 bits per heavy atom. The molecular weight excluding hydrogens is 328 g/mol. The third-order valence-corrected chi connectivity index (χ3v) is 4.27. The smallest absolute Gasteiger partial charge is 0.248 e. The Balaban J connectivity index is 1.66. The summed E-state index contributed by atoms with van der Waals surface area (Å²) in [6.07, 6.45) is 5.75. The van der Waals surface area contributed by atoms with Gasteiger partial charge in [0.1, 0.15) is 5.75 Å². The van der Waals surface area contributed by atoms with Crippen LogP contribution in [0.5, 0.6) is 5.75 Å². The molecule has 1 saturated heterocycles. The summed E-state index contributed by atoms with van der Waals surface area (Å²) in [4.78, 5) is 26.0. The van der Waals surface area contributed by atoms with Crippen LogP contribution in [0.15, 0.2) is 54.6 Å². The normalized spacial score (nSPS) is 14.5. The van der Waals surface area contributed by atoms with Gasteiger partial charge in [0.25, 0.3) is 0 Å². The second kappa shape index (κ2) is 8.34. The Bertz CT molecular complexity index is 830. The van der Waals surface area contributed by atoms with E-state index in [0.717, 1.165) is 36.4 Å². The summed E-state index contributed by atoms with van der Waals surface area (Å²) in [6.45, 7) is 0.728. The maximum atomic E-state index is 12.2. The van der Waals surface area contributed by atoms with E-state index in [9.17, 15) is 9.59 Å². The average Bonchev–Trinajstić information content (AvgIpc) is 2.67. The highest BCUT2D eigenvalue weighted by Gasteiger charge is 2.19. The highest BCUT2D eigenvalue weighted by molar-refractivity contribution is 6.02. The Morgan fingerprint density at radius 1 is 1.15 bits per heavy atom. The Hall–Kier alpha value is -3.08. The van der Waals surface area contributed by atoms with Gasteiger partial charge in [0.15, 0.2) is 0 Å². The summed E-state index contributed by atoms with van der Waals surface area (Å²) in [7, 11) is 1.61. The van der Waals surface area contributed by atoms with Gasteiger partial charge in [-0.2, -0.15) is 0 Å². The number of methoxy groups -OCH3 is 1. The number of nitrogens with one attached hydrogen (secondary N) is 1. The number of piperidine rings is 1. The molecule has 134 valence electrons. The van der Waals surface area contributed by atoms with E-state index in [1.807, 2.05) is 48.5 Å². The summed E-state index contributed by atoms with van der Waals surface area (Å²) >= 11 is 0. The van der Waals surface area contributed by atoms with E-state index in [1.165, 1.54) is 6.08 Å². The van der Waals surface area contributed by atoms with Gasteiger partial charge in [0, 0.05) is 30.4 Å². The van der Waals surface area contributed by atoms with Gasteiger partial charge in [0.2, 0.25) is 11.8 Å². The zero-order valence-electron chi connectivity index (χ0n) is 14.8. The van der Waals surface area contributed by atoms with Crippen molar-refractivity contribution < 1.29 is 14.3 Å². The topological polar surface area (TPSA) is 58.6 Å². The van der Waals surface area contributed by atoms with E-state index in [4.69, 9.17) is 4.74 Å². The lowest BCUT2D eigenvalue weighted by Crippen LogP contribution is -2.35. The predicted octanol–water partition coefficient (Wildman–Crippen LogP) is 3.86. The molecule has 5 heteroatoms. The molecule has 0 aromatic heterocycles. The fraction of sp³-hybridized carbons (Fsp3) is 0.238. The van der Waals surface area contributed by atoms with Crippen LogP contribution in [-0.2, 0) is 9.59 Å². The highest BCUT2D eigenvalue weighted by atomic mass is 16.5. The van der Waals surface area contributed by atoms with Gasteiger partial charge in [-0.1, -0.05) is 18.2 Å². The number of carbonyl (C=O) groups is 2. The molecule has 5 nitrogen and oxygen atoms in total. The molecule has 0 saturated carbocycles. The van der Waals surface area contributed by atoms with Crippen LogP contribution in [0, 0.1) is 0 Å². The number of hydrogen-bond acceptors (Lipinski definition) is 3. The van der Waals surface area contributed by atoms with Crippen molar-refractivity contribution in [3.8, 4) is 5.75 Å². The average molecular weight is 350 g/mol. The van der Waals surface area contributed by atoms with Crippen molar-refractivity contribution >= 4 is 29.3 Å². The molecule has 0 bridgehead atoms. The van der Waals surface area contributed by atoms with Crippen LogP contribution in [0.1, 0.15) is 24.8 Å². The van der Waals surface area contributed by atoms with E-state index in [2.05, 4.69) is 5.32 Å². The van der Waals surface area contributed by atoms with Gasteiger partial charge in [0.05, 0.1) is 7.11 Å². The van der Waals surface area contributed by atoms with Crippen molar-refractivity contribution in [2.75, 3.05) is 23.9 Å². The largest absolute Gasteiger partial charge is 0.497 e. The molecule has 2 amide bonds. The lowest BCUT2D eigenvalue weighted by atomic mass is 10.1. The molecule has 0 aliphatic carbocycles. The minimum Gasteiger partial charge on any atom is -0.497 e. The number of amides is 2. The minimum atomic E-state index is -0.227. The fourth-order valence-corrected chi connectivity index (χ4v) is 2.93. The molecule has 1 aliphatic heterocycles. The summed E-state index contributed by atoms with van der Waals surface area (Å²) in [5.74, 6) is 0.652. The zero-order valence-corrected chi connectivity index (χ0v) is 14.8. The van der Waals surface area contributed by atoms with Gasteiger partial charge in [-0.05, 0) is 54.8 Å². The first-order valence-corrected chi connectivity index (χ1v) is 8.69. The predicted molar refractivity (Wildman–Crippen MR) is 103 cm³/mol. The molecule has 26 heavy (non-hydrogen) atoms. The number of ether oxygens (including phenoxy) is 1. The van der Waals surface area contributed by atoms with Crippen LogP contribution >= 0.6 is 0 Å². The van der Waals surface area contributed by atoms with Crippen molar-refractivity contribution in [1.82, 2.24) is 0 Å². The molecule has 0 radical (unpaired) electrons. The monoisotopic (exact) mass is 350 g/mol. The number of benzene rings is 2. The van der Waals surface area contributed by atoms with Crippen molar-refractivity contribution in [2.45, 2.75) is 19.3 Å². The first-order valence-electron chi connectivity index (χ1n) is 8.69. The standard InChI is InChI=1S/C21H22N2O3/c1-26-19-9-4-6-16(14-19)11-12-20(24)22-17-7-5-8-18(15-17)23-13-3-2-10-21(23)25/h4-9,11-12,14-15H,2-3,10,13H2,1H3,(H,22,24)/b12-11+. The summed E-state index contributed by atoms with van der Waals surface area (Å²) in [5.41, 5.74) is 2.37. The number of carbonyl (C=O) groups excluding carboxylic acids is 2. The molecule has 0 unspecified atom stereocenters. The molecule has 0 spiro atoms. The SMILES string of the molecule is COc1cccc(/C=C/C(=O)Nc2cccc(N3CCCCC3=O)c2)c1. The molecule has 1 heterocycles. The van der Waals surface area contributed by atoms with Crippen molar-refractivity contribution in [3.05, 3.63) is 60.2 Å². The van der Waals surface area contributed by atoms with E-state index in [-0.39, 0.29) is 11.8 Å². The second-order valence-electron chi connectivity index (χ2n) is 6.15. The molecule has 1 aliphatic rings. The van der Waals surface area contributed by atoms with E-state index >= 15 is 0 Å². The molecular formula is C21H22N2O3. The van der Waals surface area contributed by atoms with E-state index in [1.54, 1.807) is 18.1 Å². The Kier molecular flexibility index (Phi) is 5.69. The summed E-state index contributed by atoms with van der Waals surface area (Å²) in [6, 6.07) is 14.9. The molecule has 1 N–H and O–H groups in total. The van der Waals surface area contributed by atoms with Crippen LogP contribution in [0.4, 0.5) is 11.4 Å². The first-order chi connectivity index (χ1) is 12.7. The fourth-order valence-electron chi connectivity index (χ4n) is 2.93. The number of hydrogen-bond donors (Lipinski definition) is 1. The molecule has 0 atom stereocenters. The Morgan fingerprint density at radius 3 is 2.81 bits per heavy atom. The van der Waals surface area contributed by atoms with Crippen LogP contribution in [0.3, 0.4) is 0 Å². The third-order valence-electron chi connectivity index (χ3n) is 4.27. The number of nitrogens with zero attached hydrogens (tertiary/aromatic N) is 1. The van der Waals surface area contributed by atoms with Gasteiger partial charge in [-0.15, -0.1) is 0 Å². The van der Waals surface area contributed by atoms with Crippen LogP contribution in [-0.4, -0.2) is 25.5 Å². The lowest BCUT2D eigenvalue weighted by molar-refractivity contribution is -0.119. The van der Waals surface area contributed by atoms with Crippen molar-refractivity contribution in [3.63, 3.8) is 0 Å². The third kappa shape index (κ3) is 4.51. The highest BCUT2D eigenvalue weighted by Crippen LogP contribution is 2.24. The summed E-state index contributed by atoms with van der Waals surface area (Å²) in [5, 5.41) is 2.84. The van der Waals surface area contributed by atoms with Gasteiger partial charge in [-0.25, -0.2) is 0 Å². The van der Waals surface area contributed by atoms with Crippen LogP contribution < -0.4 is 15.0 Å². The van der Waals surface area contributed by atoms with Gasteiger partial charge in [-0.3, -0.25) is 9.59 Å². The molecule has 2 aromatic rings. The van der Waals surface area contributed by atoms with Crippen molar-refractivity contribution in [2.24, 2.45) is 0 Å². The maximum Gasteiger partial charge on any atom is 0.248 e. The molecule has 3 rings (SSSR count). The number of rotatable bonds is 5. The quantitative estimate of drug-likeness (QED) is 0.833. The summed E-state index contributed by atoms with van der Waals surface area (Å²) < 4.78 is 5.17. The van der Waals surface area contributed by atoms with Gasteiger partial charge >= 0.3 is 0 Å². The number of anilines is 2. The van der Waals surface area contributed by atoms with Crippen LogP contribution in [0.2, 0.25) is 0 Å². The van der Waals surface area contributed by atoms with Crippen molar-refractivity contribution in [1.29, 1.82) is 0 Å². The molecule has 2 aromatic carbocycles. The second-order valence-corrected chi connectivity index (χ2v) is 6.15.